The third kappa shape index (κ3) is 2.66. The fourth-order valence-electron chi connectivity index (χ4n) is 1.73. The van der Waals surface area contributed by atoms with Crippen molar-refractivity contribution in [3.63, 3.8) is 0 Å². The van der Waals surface area contributed by atoms with E-state index in [4.69, 9.17) is 14.2 Å². The highest BCUT2D eigenvalue weighted by molar-refractivity contribution is 6.04. The summed E-state index contributed by atoms with van der Waals surface area (Å²) in [6.07, 6.45) is 2.95. The molecular weight excluding hydrogens is 262 g/mol. The summed E-state index contributed by atoms with van der Waals surface area (Å²) in [7, 11) is 4.54. The van der Waals surface area contributed by atoms with Crippen LogP contribution >= 0.6 is 0 Å². The topological polar surface area (TPSA) is 85.5 Å². The second-order valence-corrected chi connectivity index (χ2v) is 3.86. The van der Waals surface area contributed by atoms with Crippen LogP contribution in [-0.4, -0.2) is 37.4 Å². The van der Waals surface area contributed by atoms with Gasteiger partial charge in [0.1, 0.15) is 0 Å². The molecule has 1 amide bonds. The van der Waals surface area contributed by atoms with E-state index in [1.165, 1.54) is 33.7 Å². The number of rotatable bonds is 5. The van der Waals surface area contributed by atoms with Crippen molar-refractivity contribution in [1.82, 2.24) is 10.2 Å². The lowest BCUT2D eigenvalue weighted by Crippen LogP contribution is -2.11. The van der Waals surface area contributed by atoms with E-state index in [0.717, 1.165) is 0 Å². The predicted molar refractivity (Wildman–Crippen MR) is 72.6 cm³/mol. The number of benzene rings is 1. The molecule has 0 unspecified atom stereocenters. The quantitative estimate of drug-likeness (QED) is 0.868. The summed E-state index contributed by atoms with van der Waals surface area (Å²) in [5, 5.41) is 9.03. The number of amides is 1. The zero-order valence-electron chi connectivity index (χ0n) is 11.4. The number of aromatic amines is 1. The summed E-state index contributed by atoms with van der Waals surface area (Å²) in [5.41, 5.74) is 0.962. The molecule has 0 saturated carbocycles. The number of hydrogen-bond donors (Lipinski definition) is 2. The van der Waals surface area contributed by atoms with E-state index in [1.807, 2.05) is 0 Å². The van der Waals surface area contributed by atoms with E-state index in [1.54, 1.807) is 12.1 Å². The van der Waals surface area contributed by atoms with Gasteiger partial charge in [-0.05, 0) is 0 Å². The maximum atomic E-state index is 11.9. The zero-order valence-corrected chi connectivity index (χ0v) is 11.4. The number of nitrogens with zero attached hydrogens (tertiary/aromatic N) is 1. The Labute approximate surface area is 115 Å². The van der Waals surface area contributed by atoms with Crippen LogP contribution in [0.25, 0.3) is 0 Å². The van der Waals surface area contributed by atoms with Crippen LogP contribution in [0.3, 0.4) is 0 Å². The second-order valence-electron chi connectivity index (χ2n) is 3.86. The van der Waals surface area contributed by atoms with Crippen molar-refractivity contribution in [1.29, 1.82) is 0 Å². The first-order valence-electron chi connectivity index (χ1n) is 5.79. The van der Waals surface area contributed by atoms with Crippen molar-refractivity contribution >= 4 is 11.6 Å². The van der Waals surface area contributed by atoms with E-state index in [2.05, 4.69) is 15.5 Å². The maximum Gasteiger partial charge on any atom is 0.258 e. The summed E-state index contributed by atoms with van der Waals surface area (Å²) < 4.78 is 15.6. The number of methoxy groups -OCH3 is 3. The van der Waals surface area contributed by atoms with Crippen molar-refractivity contribution in [2.75, 3.05) is 26.6 Å². The first kappa shape index (κ1) is 13.7. The van der Waals surface area contributed by atoms with Crippen molar-refractivity contribution < 1.29 is 19.0 Å². The van der Waals surface area contributed by atoms with Gasteiger partial charge in [-0.25, -0.2) is 0 Å². The number of H-pyrrole nitrogens is 1. The summed E-state index contributed by atoms with van der Waals surface area (Å²) >= 11 is 0. The number of aromatic nitrogens is 2. The standard InChI is InChI=1S/C13H15N3O4/c1-18-10-4-9(5-11(19-2)12(10)20-3)16-13(17)8-6-14-15-7-8/h4-7H,1-3H3,(H,14,15)(H,16,17). The van der Waals surface area contributed by atoms with Gasteiger partial charge in [0.2, 0.25) is 5.75 Å². The van der Waals surface area contributed by atoms with Crippen LogP contribution in [0.1, 0.15) is 10.4 Å². The van der Waals surface area contributed by atoms with Gasteiger partial charge in [-0.15, -0.1) is 0 Å². The van der Waals surface area contributed by atoms with Crippen LogP contribution < -0.4 is 19.5 Å². The molecule has 0 saturated heterocycles. The number of carbonyl (C=O) groups excluding carboxylic acids is 1. The molecular formula is C13H15N3O4. The Hall–Kier alpha value is -2.70. The highest BCUT2D eigenvalue weighted by atomic mass is 16.5. The van der Waals surface area contributed by atoms with Gasteiger partial charge in [0.05, 0.1) is 33.1 Å². The van der Waals surface area contributed by atoms with Gasteiger partial charge in [0.25, 0.3) is 5.91 Å². The van der Waals surface area contributed by atoms with E-state index < -0.39 is 0 Å². The molecule has 0 atom stereocenters. The Bertz CT molecular complexity index is 571. The van der Waals surface area contributed by atoms with Gasteiger partial charge in [0, 0.05) is 24.0 Å². The normalized spacial score (nSPS) is 9.95. The minimum absolute atomic E-state index is 0.284. The fourth-order valence-corrected chi connectivity index (χ4v) is 1.73. The Morgan fingerprint density at radius 1 is 1.15 bits per heavy atom. The lowest BCUT2D eigenvalue weighted by Gasteiger charge is -2.14. The second kappa shape index (κ2) is 5.96. The minimum Gasteiger partial charge on any atom is -0.493 e. The van der Waals surface area contributed by atoms with Crippen molar-refractivity contribution in [2.45, 2.75) is 0 Å². The van der Waals surface area contributed by atoms with E-state index >= 15 is 0 Å². The van der Waals surface area contributed by atoms with E-state index in [0.29, 0.717) is 28.5 Å². The van der Waals surface area contributed by atoms with Gasteiger partial charge in [-0.2, -0.15) is 5.10 Å². The maximum absolute atomic E-state index is 11.9. The fraction of sp³-hybridized carbons (Fsp3) is 0.231. The molecule has 0 spiro atoms. The van der Waals surface area contributed by atoms with Crippen LogP contribution in [0.2, 0.25) is 0 Å². The zero-order chi connectivity index (χ0) is 14.5. The molecule has 1 heterocycles. The molecule has 0 aliphatic rings. The Kier molecular flexibility index (Phi) is 4.09. The average Bonchev–Trinajstić information content (AvgIpc) is 3.00. The molecule has 0 aliphatic carbocycles. The lowest BCUT2D eigenvalue weighted by atomic mass is 10.2. The lowest BCUT2D eigenvalue weighted by molar-refractivity contribution is 0.102. The van der Waals surface area contributed by atoms with Crippen molar-refractivity contribution in [3.05, 3.63) is 30.1 Å². The van der Waals surface area contributed by atoms with Gasteiger partial charge >= 0.3 is 0 Å². The molecule has 2 rings (SSSR count). The highest BCUT2D eigenvalue weighted by Gasteiger charge is 2.15. The first-order valence-corrected chi connectivity index (χ1v) is 5.79. The molecule has 0 fully saturated rings. The van der Waals surface area contributed by atoms with Crippen LogP contribution in [0, 0.1) is 0 Å². The summed E-state index contributed by atoms with van der Waals surface area (Å²) in [6, 6.07) is 3.30. The molecule has 106 valence electrons. The monoisotopic (exact) mass is 277 g/mol. The van der Waals surface area contributed by atoms with Gasteiger partial charge in [-0.1, -0.05) is 0 Å². The molecule has 2 N–H and O–H groups in total. The van der Waals surface area contributed by atoms with E-state index in [9.17, 15) is 4.79 Å². The molecule has 7 nitrogen and oxygen atoms in total. The molecule has 0 bridgehead atoms. The SMILES string of the molecule is COc1cc(NC(=O)c2cn[nH]c2)cc(OC)c1OC. The summed E-state index contributed by atoms with van der Waals surface area (Å²) in [6.45, 7) is 0. The van der Waals surface area contributed by atoms with Crippen LogP contribution in [0.15, 0.2) is 24.5 Å². The molecule has 0 radical (unpaired) electrons. The first-order chi connectivity index (χ1) is 9.69. The number of anilines is 1. The number of carbonyl (C=O) groups is 1. The summed E-state index contributed by atoms with van der Waals surface area (Å²) in [5.74, 6) is 1.12. The molecule has 0 aliphatic heterocycles. The predicted octanol–water partition coefficient (Wildman–Crippen LogP) is 1.69. The van der Waals surface area contributed by atoms with Crippen LogP contribution in [0.5, 0.6) is 17.2 Å². The Balaban J connectivity index is 2.30. The smallest absolute Gasteiger partial charge is 0.258 e. The van der Waals surface area contributed by atoms with Gasteiger partial charge in [0.15, 0.2) is 11.5 Å². The number of nitrogens with one attached hydrogen (secondary N) is 2. The average molecular weight is 277 g/mol. The minimum atomic E-state index is -0.284. The third-order valence-corrected chi connectivity index (χ3v) is 2.68. The molecule has 2 aromatic rings. The number of ether oxygens (including phenoxy) is 3. The summed E-state index contributed by atoms with van der Waals surface area (Å²) in [4.78, 5) is 11.9. The third-order valence-electron chi connectivity index (χ3n) is 2.68. The molecule has 20 heavy (non-hydrogen) atoms. The van der Waals surface area contributed by atoms with Crippen molar-refractivity contribution in [3.8, 4) is 17.2 Å². The Morgan fingerprint density at radius 2 is 1.80 bits per heavy atom. The molecule has 1 aromatic heterocycles. The molecule has 1 aromatic carbocycles. The van der Waals surface area contributed by atoms with E-state index in [-0.39, 0.29) is 5.91 Å². The van der Waals surface area contributed by atoms with Gasteiger partial charge in [-0.3, -0.25) is 9.89 Å². The van der Waals surface area contributed by atoms with Crippen LogP contribution in [-0.2, 0) is 0 Å². The van der Waals surface area contributed by atoms with Crippen LogP contribution in [0.4, 0.5) is 5.69 Å². The Morgan fingerprint density at radius 3 is 2.25 bits per heavy atom. The van der Waals surface area contributed by atoms with Gasteiger partial charge < -0.3 is 19.5 Å². The largest absolute Gasteiger partial charge is 0.493 e. The number of hydrogen-bond acceptors (Lipinski definition) is 5. The van der Waals surface area contributed by atoms with Crippen molar-refractivity contribution in [2.24, 2.45) is 0 Å². The molecule has 7 heteroatoms. The highest BCUT2D eigenvalue weighted by Crippen LogP contribution is 2.39.